The van der Waals surface area contributed by atoms with Crippen molar-refractivity contribution in [3.8, 4) is 0 Å². The Hall–Kier alpha value is -3.92. The lowest BCUT2D eigenvalue weighted by Gasteiger charge is -2.32. The van der Waals surface area contributed by atoms with Gasteiger partial charge in [0.05, 0.1) is 5.69 Å². The summed E-state index contributed by atoms with van der Waals surface area (Å²) < 4.78 is 4.01. The minimum atomic E-state index is -0.981. The molecule has 1 saturated carbocycles. The maximum Gasteiger partial charge on any atom is 0.273 e. The van der Waals surface area contributed by atoms with Crippen LogP contribution in [0.3, 0.4) is 0 Å². The van der Waals surface area contributed by atoms with Crippen LogP contribution in [0.4, 0.5) is 17.1 Å². The number of nitrogen functional groups attached to an aromatic ring is 1. The van der Waals surface area contributed by atoms with E-state index in [1.54, 1.807) is 12.1 Å². The van der Waals surface area contributed by atoms with Crippen LogP contribution in [0.1, 0.15) is 63.0 Å². The summed E-state index contributed by atoms with van der Waals surface area (Å²) in [4.78, 5) is 43.2. The van der Waals surface area contributed by atoms with Crippen LogP contribution in [0.5, 0.6) is 0 Å². The molecule has 0 spiro atoms. The Morgan fingerprint density at radius 3 is 2.14 bits per heavy atom. The highest BCUT2D eigenvalue weighted by atomic mass is 32.1. The molecule has 1 aliphatic carbocycles. The summed E-state index contributed by atoms with van der Waals surface area (Å²) in [5.74, 6) is -1.63. The van der Waals surface area contributed by atoms with Crippen molar-refractivity contribution in [1.82, 2.24) is 9.69 Å². The Morgan fingerprint density at radius 1 is 1.00 bits per heavy atom. The number of hydrogen-bond acceptors (Lipinski definition) is 7. The smallest absolute Gasteiger partial charge is 0.273 e. The van der Waals surface area contributed by atoms with E-state index in [1.807, 2.05) is 62.3 Å². The Morgan fingerprint density at radius 2 is 1.59 bits per heavy atom. The van der Waals surface area contributed by atoms with E-state index in [2.05, 4.69) is 9.69 Å². The molecule has 5 N–H and O–H groups in total. The summed E-state index contributed by atoms with van der Waals surface area (Å²) >= 11 is 0.797. The van der Waals surface area contributed by atoms with Gasteiger partial charge < -0.3 is 21.7 Å². The first-order valence-electron chi connectivity index (χ1n) is 12.2. The van der Waals surface area contributed by atoms with Crippen LogP contribution in [0, 0.1) is 6.92 Å². The number of aromatic nitrogens is 1. The fourth-order valence-electron chi connectivity index (χ4n) is 4.55. The zero-order chi connectivity index (χ0) is 26.7. The number of amides is 3. The summed E-state index contributed by atoms with van der Waals surface area (Å²) in [6.07, 6.45) is 3.92. The van der Waals surface area contributed by atoms with Crippen molar-refractivity contribution in [3.63, 3.8) is 0 Å². The molecule has 0 radical (unpaired) electrons. The molecule has 4 rings (SSSR count). The number of anilines is 3. The standard InChI is InChI=1S/C27H32N6O3S/c1-16-8-12-20(13-9-16)33(27(36)24-21(28)22(25(29)34)31-37-24)23(26(35)30-18-6-4-5-7-18)17-10-14-19(15-11-17)32(2)3/h8-15,18,23H,4-7,28H2,1-3H3,(H2,29,34)(H,30,35)/t23-/m1/s1. The van der Waals surface area contributed by atoms with Gasteiger partial charge in [-0.3, -0.25) is 19.3 Å². The van der Waals surface area contributed by atoms with Gasteiger partial charge in [0.2, 0.25) is 5.91 Å². The molecule has 0 bridgehead atoms. The van der Waals surface area contributed by atoms with Crippen molar-refractivity contribution < 1.29 is 14.4 Å². The van der Waals surface area contributed by atoms with Gasteiger partial charge in [-0.1, -0.05) is 42.7 Å². The van der Waals surface area contributed by atoms with Gasteiger partial charge in [0.25, 0.3) is 11.8 Å². The molecular weight excluding hydrogens is 488 g/mol. The fraction of sp³-hybridized carbons (Fsp3) is 0.333. The molecule has 37 heavy (non-hydrogen) atoms. The lowest BCUT2D eigenvalue weighted by molar-refractivity contribution is -0.123. The third-order valence-corrected chi connectivity index (χ3v) is 7.47. The van der Waals surface area contributed by atoms with E-state index in [0.29, 0.717) is 11.3 Å². The lowest BCUT2D eigenvalue weighted by Crippen LogP contribution is -2.46. The SMILES string of the molecule is Cc1ccc(N(C(=O)c2snc(C(N)=O)c2N)[C@@H](C(=O)NC2CCCC2)c2ccc(N(C)C)cc2)cc1. The third kappa shape index (κ3) is 5.59. The number of carbonyl (C=O) groups is 3. The average Bonchev–Trinajstić information content (AvgIpc) is 3.52. The molecule has 10 heteroatoms. The molecule has 0 aliphatic heterocycles. The van der Waals surface area contributed by atoms with E-state index in [9.17, 15) is 14.4 Å². The molecule has 1 fully saturated rings. The van der Waals surface area contributed by atoms with Crippen molar-refractivity contribution in [2.45, 2.75) is 44.7 Å². The summed E-state index contributed by atoms with van der Waals surface area (Å²) in [5.41, 5.74) is 14.4. The second kappa shape index (κ2) is 11.0. The van der Waals surface area contributed by atoms with E-state index in [4.69, 9.17) is 11.5 Å². The highest BCUT2D eigenvalue weighted by Crippen LogP contribution is 2.34. The van der Waals surface area contributed by atoms with E-state index >= 15 is 0 Å². The summed E-state index contributed by atoms with van der Waals surface area (Å²) in [6.45, 7) is 1.94. The molecule has 3 amide bonds. The van der Waals surface area contributed by atoms with Crippen LogP contribution in [-0.2, 0) is 4.79 Å². The minimum Gasteiger partial charge on any atom is -0.395 e. The first-order valence-corrected chi connectivity index (χ1v) is 13.0. The van der Waals surface area contributed by atoms with Gasteiger partial charge in [-0.2, -0.15) is 4.37 Å². The second-order valence-corrected chi connectivity index (χ2v) is 10.3. The van der Waals surface area contributed by atoms with Gasteiger partial charge in [-0.15, -0.1) is 0 Å². The summed E-state index contributed by atoms with van der Waals surface area (Å²) in [7, 11) is 3.87. The zero-order valence-corrected chi connectivity index (χ0v) is 22.0. The maximum atomic E-state index is 14.1. The molecule has 1 aliphatic rings. The van der Waals surface area contributed by atoms with Crippen molar-refractivity contribution in [2.24, 2.45) is 5.73 Å². The molecule has 0 saturated heterocycles. The van der Waals surface area contributed by atoms with Crippen molar-refractivity contribution in [3.05, 3.63) is 70.2 Å². The van der Waals surface area contributed by atoms with Crippen molar-refractivity contribution >= 4 is 46.3 Å². The Balaban J connectivity index is 1.85. The predicted octanol–water partition coefficient (Wildman–Crippen LogP) is 3.65. The van der Waals surface area contributed by atoms with Gasteiger partial charge in [0, 0.05) is 31.5 Å². The highest BCUT2D eigenvalue weighted by molar-refractivity contribution is 7.09. The molecular formula is C27H32N6O3S. The first-order chi connectivity index (χ1) is 17.7. The van der Waals surface area contributed by atoms with Crippen LogP contribution in [-0.4, -0.2) is 42.2 Å². The minimum absolute atomic E-state index is 0.0537. The number of aryl methyl sites for hydroxylation is 1. The Kier molecular flexibility index (Phi) is 7.77. The fourth-order valence-corrected chi connectivity index (χ4v) is 5.29. The molecule has 1 heterocycles. The lowest BCUT2D eigenvalue weighted by atomic mass is 10.0. The van der Waals surface area contributed by atoms with Crippen LogP contribution in [0.2, 0.25) is 0 Å². The quantitative estimate of drug-likeness (QED) is 0.415. The number of carbonyl (C=O) groups excluding carboxylic acids is 3. The zero-order valence-electron chi connectivity index (χ0n) is 21.2. The number of benzene rings is 2. The monoisotopic (exact) mass is 520 g/mol. The maximum absolute atomic E-state index is 14.1. The predicted molar refractivity (Wildman–Crippen MR) is 147 cm³/mol. The largest absolute Gasteiger partial charge is 0.395 e. The number of primary amides is 1. The highest BCUT2D eigenvalue weighted by Gasteiger charge is 2.37. The molecule has 3 aromatic rings. The normalized spacial score (nSPS) is 14.2. The number of nitrogens with zero attached hydrogens (tertiary/aromatic N) is 3. The van der Waals surface area contributed by atoms with E-state index in [1.165, 1.54) is 4.90 Å². The van der Waals surface area contributed by atoms with E-state index < -0.39 is 17.9 Å². The van der Waals surface area contributed by atoms with E-state index in [-0.39, 0.29) is 28.2 Å². The topological polar surface area (TPSA) is 135 Å². The summed E-state index contributed by atoms with van der Waals surface area (Å²) in [6, 6.07) is 14.0. The molecule has 9 nitrogen and oxygen atoms in total. The molecule has 1 atom stereocenters. The molecule has 194 valence electrons. The van der Waals surface area contributed by atoms with Gasteiger partial charge in [0.15, 0.2) is 5.69 Å². The van der Waals surface area contributed by atoms with E-state index in [0.717, 1.165) is 48.5 Å². The van der Waals surface area contributed by atoms with Crippen molar-refractivity contribution in [2.75, 3.05) is 29.6 Å². The average molecular weight is 521 g/mol. The van der Waals surface area contributed by atoms with Crippen LogP contribution >= 0.6 is 11.5 Å². The van der Waals surface area contributed by atoms with Crippen molar-refractivity contribution in [1.29, 1.82) is 0 Å². The molecule has 1 aromatic heterocycles. The number of nitrogens with two attached hydrogens (primary N) is 2. The number of nitrogens with one attached hydrogen (secondary N) is 1. The van der Waals surface area contributed by atoms with Crippen LogP contribution in [0.15, 0.2) is 48.5 Å². The number of hydrogen-bond donors (Lipinski definition) is 3. The van der Waals surface area contributed by atoms with Crippen LogP contribution < -0.4 is 26.6 Å². The molecule has 0 unspecified atom stereocenters. The Bertz CT molecular complexity index is 1280. The van der Waals surface area contributed by atoms with Crippen LogP contribution in [0.25, 0.3) is 0 Å². The first kappa shape index (κ1) is 26.2. The second-order valence-electron chi connectivity index (χ2n) is 9.53. The van der Waals surface area contributed by atoms with Gasteiger partial charge in [-0.25, -0.2) is 0 Å². The van der Waals surface area contributed by atoms with Gasteiger partial charge >= 0.3 is 0 Å². The van der Waals surface area contributed by atoms with Gasteiger partial charge in [-0.05, 0) is 61.1 Å². The summed E-state index contributed by atoms with van der Waals surface area (Å²) in [5, 5.41) is 3.16. The van der Waals surface area contributed by atoms with Gasteiger partial charge in [0.1, 0.15) is 10.9 Å². The Labute approximate surface area is 220 Å². The third-order valence-electron chi connectivity index (χ3n) is 6.62. The number of rotatable bonds is 8. The molecule has 2 aromatic carbocycles.